The minimum Gasteiger partial charge on any atom is -0.356 e. The zero-order valence-electron chi connectivity index (χ0n) is 23.4. The van der Waals surface area contributed by atoms with Crippen LogP contribution in [-0.4, -0.2) is 107 Å². The number of hydrogen-bond donors (Lipinski definition) is 0. The summed E-state index contributed by atoms with van der Waals surface area (Å²) in [5, 5.41) is 0. The van der Waals surface area contributed by atoms with E-state index in [2.05, 4.69) is 13.8 Å². The highest BCUT2D eigenvalue weighted by molar-refractivity contribution is 4.65. The molecule has 0 aromatic carbocycles. The molecule has 0 heterocycles. The van der Waals surface area contributed by atoms with Crippen molar-refractivity contribution < 1.29 is 56.8 Å². The summed E-state index contributed by atoms with van der Waals surface area (Å²) in [6.07, 6.45) is 0.802. The number of ether oxygens (including phenoxy) is 12. The molecular formula is C24H52O12. The van der Waals surface area contributed by atoms with Gasteiger partial charge in [-0.25, -0.2) is 0 Å². The molecule has 0 saturated heterocycles. The van der Waals surface area contributed by atoms with Crippen LogP contribution in [0.15, 0.2) is 0 Å². The van der Waals surface area contributed by atoms with E-state index in [1.165, 1.54) is 0 Å². The van der Waals surface area contributed by atoms with Crippen LogP contribution in [0.3, 0.4) is 0 Å². The lowest BCUT2D eigenvalue weighted by Gasteiger charge is -2.24. The summed E-state index contributed by atoms with van der Waals surface area (Å²) in [5.74, 6) is 0. The molecule has 0 amide bonds. The van der Waals surface area contributed by atoms with E-state index in [4.69, 9.17) is 56.8 Å². The van der Waals surface area contributed by atoms with Crippen molar-refractivity contribution in [2.45, 2.75) is 48.0 Å². The molecule has 12 nitrogen and oxygen atoms in total. The van der Waals surface area contributed by atoms with E-state index in [1.807, 2.05) is 27.7 Å². The van der Waals surface area contributed by atoms with Crippen LogP contribution in [0.25, 0.3) is 0 Å². The molecule has 0 aromatic heterocycles. The van der Waals surface area contributed by atoms with Crippen LogP contribution in [0, 0.1) is 5.41 Å². The van der Waals surface area contributed by atoms with E-state index in [0.29, 0.717) is 52.9 Å². The first kappa shape index (κ1) is 37.7. The molecule has 0 fully saturated rings. The van der Waals surface area contributed by atoms with E-state index in [-0.39, 0.29) is 59.8 Å². The molecule has 0 unspecified atom stereocenters. The van der Waals surface area contributed by atoms with Gasteiger partial charge in [-0.15, -0.1) is 0 Å². The van der Waals surface area contributed by atoms with Gasteiger partial charge in [-0.2, -0.15) is 0 Å². The van der Waals surface area contributed by atoms with Gasteiger partial charge in [-0.3, -0.25) is 0 Å². The zero-order valence-corrected chi connectivity index (χ0v) is 23.4. The summed E-state index contributed by atoms with van der Waals surface area (Å²) >= 11 is 0. The van der Waals surface area contributed by atoms with E-state index < -0.39 is 0 Å². The number of rotatable bonds is 28. The largest absolute Gasteiger partial charge is 0.356 e. The van der Waals surface area contributed by atoms with Gasteiger partial charge in [0.15, 0.2) is 0 Å². The van der Waals surface area contributed by atoms with Gasteiger partial charge < -0.3 is 56.8 Å². The van der Waals surface area contributed by atoms with Crippen molar-refractivity contribution in [3.05, 3.63) is 0 Å². The van der Waals surface area contributed by atoms with Gasteiger partial charge in [0.25, 0.3) is 0 Å². The summed E-state index contributed by atoms with van der Waals surface area (Å²) in [6, 6.07) is 0. The van der Waals surface area contributed by atoms with Crippen molar-refractivity contribution in [2.24, 2.45) is 5.41 Å². The average molecular weight is 533 g/mol. The van der Waals surface area contributed by atoms with Crippen LogP contribution >= 0.6 is 0 Å². The molecule has 220 valence electrons. The van der Waals surface area contributed by atoms with Crippen LogP contribution in [0.5, 0.6) is 0 Å². The molecule has 0 N–H and O–H groups in total. The maximum Gasteiger partial charge on any atom is 0.149 e. The third kappa shape index (κ3) is 35.7. The molecule has 0 aliphatic heterocycles. The lowest BCUT2D eigenvalue weighted by atomic mass is 9.96. The van der Waals surface area contributed by atoms with Crippen LogP contribution in [0.1, 0.15) is 48.0 Å². The van der Waals surface area contributed by atoms with Crippen molar-refractivity contribution in [1.82, 2.24) is 0 Å². The third-order valence-corrected chi connectivity index (χ3v) is 3.71. The average Bonchev–Trinajstić information content (AvgIpc) is 2.87. The summed E-state index contributed by atoms with van der Waals surface area (Å²) in [6.45, 7) is 18.7. The van der Waals surface area contributed by atoms with Crippen molar-refractivity contribution in [2.75, 3.05) is 107 Å². The van der Waals surface area contributed by atoms with Gasteiger partial charge in [0.2, 0.25) is 0 Å². The Balaban J connectivity index is 0. The Morgan fingerprint density at radius 1 is 0.361 bits per heavy atom. The minimum atomic E-state index is -0.0933. The highest BCUT2D eigenvalue weighted by Gasteiger charge is 2.18. The van der Waals surface area contributed by atoms with Crippen molar-refractivity contribution in [3.8, 4) is 0 Å². The highest BCUT2D eigenvalue weighted by Crippen LogP contribution is 2.15. The van der Waals surface area contributed by atoms with E-state index in [1.54, 1.807) is 0 Å². The summed E-state index contributed by atoms with van der Waals surface area (Å²) in [5.41, 5.74) is -0.0933. The molecule has 0 rings (SSSR count). The predicted octanol–water partition coefficient (Wildman–Crippen LogP) is 3.33. The second-order valence-electron chi connectivity index (χ2n) is 7.76. The van der Waals surface area contributed by atoms with Gasteiger partial charge in [-0.05, 0) is 34.1 Å². The van der Waals surface area contributed by atoms with Gasteiger partial charge in [0.1, 0.15) is 54.3 Å². The smallest absolute Gasteiger partial charge is 0.149 e. The first-order valence-corrected chi connectivity index (χ1v) is 12.5. The Labute approximate surface area is 218 Å². The molecule has 0 atom stereocenters. The van der Waals surface area contributed by atoms with Gasteiger partial charge >= 0.3 is 0 Å². The fourth-order valence-electron chi connectivity index (χ4n) is 2.00. The van der Waals surface area contributed by atoms with Crippen LogP contribution < -0.4 is 0 Å². The normalized spacial score (nSPS) is 11.5. The Bertz CT molecular complexity index is 356. The molecule has 0 aliphatic rings. The van der Waals surface area contributed by atoms with Crippen molar-refractivity contribution in [1.29, 1.82) is 0 Å². The van der Waals surface area contributed by atoms with E-state index in [9.17, 15) is 0 Å². The summed E-state index contributed by atoms with van der Waals surface area (Å²) in [4.78, 5) is 0. The maximum absolute atomic E-state index is 5.39. The summed E-state index contributed by atoms with van der Waals surface area (Å²) < 4.78 is 61.4. The highest BCUT2D eigenvalue weighted by atomic mass is 16.8. The van der Waals surface area contributed by atoms with Gasteiger partial charge in [0.05, 0.1) is 26.4 Å². The monoisotopic (exact) mass is 532 g/mol. The number of hydrogen-bond acceptors (Lipinski definition) is 12. The zero-order chi connectivity index (χ0) is 27.0. The second-order valence-corrected chi connectivity index (χ2v) is 7.76. The fraction of sp³-hybridized carbons (Fsp3) is 1.00. The van der Waals surface area contributed by atoms with Gasteiger partial charge in [-0.1, -0.05) is 13.8 Å². The molecule has 0 bridgehead atoms. The predicted molar refractivity (Wildman–Crippen MR) is 132 cm³/mol. The van der Waals surface area contributed by atoms with Gasteiger partial charge in [0, 0.05) is 31.8 Å². The molecule has 0 radical (unpaired) electrons. The van der Waals surface area contributed by atoms with E-state index in [0.717, 1.165) is 6.42 Å². The molecular weight excluding hydrogens is 480 g/mol. The van der Waals surface area contributed by atoms with Crippen molar-refractivity contribution >= 4 is 0 Å². The molecule has 0 aromatic rings. The fourth-order valence-corrected chi connectivity index (χ4v) is 2.00. The molecule has 36 heavy (non-hydrogen) atoms. The van der Waals surface area contributed by atoms with Crippen LogP contribution in [-0.2, 0) is 56.8 Å². The standard InChI is InChI=1S/C13H28O6.C11H24O6/c1-5-14-9-18-11-16-7-13(3,4)8-17-12-19-10-15-6-2;1-3-12-8-16-10-14-6-5-7-15-11-17-9-13-4-2/h5-12H2,1-4H3;3-11H2,1-2H3. The Kier molecular flexibility index (Phi) is 34.1. The topological polar surface area (TPSA) is 111 Å². The first-order valence-electron chi connectivity index (χ1n) is 12.5. The second kappa shape index (κ2) is 32.5. The van der Waals surface area contributed by atoms with Crippen LogP contribution in [0.4, 0.5) is 0 Å². The molecule has 0 spiro atoms. The SMILES string of the molecule is CCOCOCOCC(C)(C)COCOCOCC.CCOCOCOCCCOCOCOCC. The third-order valence-electron chi connectivity index (χ3n) is 3.71. The Morgan fingerprint density at radius 3 is 0.944 bits per heavy atom. The Morgan fingerprint density at radius 2 is 0.639 bits per heavy atom. The van der Waals surface area contributed by atoms with Crippen molar-refractivity contribution in [3.63, 3.8) is 0 Å². The minimum absolute atomic E-state index is 0.0933. The van der Waals surface area contributed by atoms with E-state index >= 15 is 0 Å². The molecule has 12 heteroatoms. The quantitative estimate of drug-likeness (QED) is 0.109. The first-order chi connectivity index (χ1) is 17.5. The Hall–Kier alpha value is -0.480. The lowest BCUT2D eigenvalue weighted by Crippen LogP contribution is -2.27. The molecule has 0 aliphatic carbocycles. The maximum atomic E-state index is 5.39. The molecule has 0 saturated carbocycles. The van der Waals surface area contributed by atoms with Crippen LogP contribution in [0.2, 0.25) is 0 Å². The summed E-state index contributed by atoms with van der Waals surface area (Å²) in [7, 11) is 0. The lowest BCUT2D eigenvalue weighted by molar-refractivity contribution is -0.161.